The summed E-state index contributed by atoms with van der Waals surface area (Å²) >= 11 is 0. The fourth-order valence-corrected chi connectivity index (χ4v) is 5.91. The lowest BCUT2D eigenvalue weighted by molar-refractivity contribution is -0.153. The van der Waals surface area contributed by atoms with Crippen molar-refractivity contribution in [2.45, 2.75) is 110 Å². The van der Waals surface area contributed by atoms with Crippen molar-refractivity contribution in [1.82, 2.24) is 0 Å². The van der Waals surface area contributed by atoms with E-state index in [0.29, 0.717) is 6.42 Å². The molecule has 0 aromatic heterocycles. The van der Waals surface area contributed by atoms with Gasteiger partial charge in [0.15, 0.2) is 0 Å². The molecule has 0 aromatic carbocycles. The molecule has 0 spiro atoms. The highest BCUT2D eigenvalue weighted by Gasteiger charge is 2.53. The summed E-state index contributed by atoms with van der Waals surface area (Å²) in [5, 5.41) is 30.1. The third-order valence-electron chi connectivity index (χ3n) is 7.85. The lowest BCUT2D eigenvalue weighted by atomic mass is 9.67. The van der Waals surface area contributed by atoms with Gasteiger partial charge in [-0.15, -0.1) is 0 Å². The second-order valence-electron chi connectivity index (χ2n) is 11.8. The predicted molar refractivity (Wildman–Crippen MR) is 135 cm³/mol. The molecule has 0 heterocycles. The highest BCUT2D eigenvalue weighted by molar-refractivity contribution is 5.74. The van der Waals surface area contributed by atoms with Crippen LogP contribution in [0.4, 0.5) is 0 Å². The second-order valence-corrected chi connectivity index (χ2v) is 11.8. The Morgan fingerprint density at radius 1 is 1.11 bits per heavy atom. The minimum Gasteiger partial charge on any atom is -0.481 e. The summed E-state index contributed by atoms with van der Waals surface area (Å²) in [5.41, 5.74) is -0.921. The van der Waals surface area contributed by atoms with E-state index < -0.39 is 53.5 Å². The summed E-state index contributed by atoms with van der Waals surface area (Å²) in [6.07, 6.45) is 7.23. The summed E-state index contributed by atoms with van der Waals surface area (Å²) in [7, 11) is 0. The molecule has 8 heteroatoms. The van der Waals surface area contributed by atoms with E-state index in [1.54, 1.807) is 0 Å². The Hall–Kier alpha value is -2.19. The molecular formula is C28H44O8. The van der Waals surface area contributed by atoms with Gasteiger partial charge in [-0.05, 0) is 89.7 Å². The van der Waals surface area contributed by atoms with Gasteiger partial charge in [0.05, 0.1) is 24.0 Å². The molecule has 0 radical (unpaired) electrons. The van der Waals surface area contributed by atoms with Crippen LogP contribution in [0.2, 0.25) is 0 Å². The molecule has 36 heavy (non-hydrogen) atoms. The number of carbonyl (C=O) groups is 3. The summed E-state index contributed by atoms with van der Waals surface area (Å²) in [5.74, 6) is -2.11. The molecule has 5 atom stereocenters. The van der Waals surface area contributed by atoms with Gasteiger partial charge >= 0.3 is 17.9 Å². The standard InChI is InChI=1S/C28H44O8/c1-18-8-7-9-20(17-35-25(32)16-27(5,34)15-24(30)31)14-23(36-19(2)29)28(6)13-12-21(26(3,4)33)22(28)11-10-18/h8,14,21-23,33-34H,7,9-13,15-17H2,1-6H3,(H,30,31). The highest BCUT2D eigenvalue weighted by atomic mass is 16.5. The number of carboxylic acids is 1. The molecule has 2 aliphatic carbocycles. The van der Waals surface area contributed by atoms with Crippen molar-refractivity contribution < 1.29 is 39.2 Å². The largest absolute Gasteiger partial charge is 0.481 e. The molecule has 3 N–H and O–H groups in total. The van der Waals surface area contributed by atoms with Crippen molar-refractivity contribution in [3.63, 3.8) is 0 Å². The van der Waals surface area contributed by atoms with Gasteiger partial charge in [-0.1, -0.05) is 18.6 Å². The summed E-state index contributed by atoms with van der Waals surface area (Å²) in [4.78, 5) is 35.5. The zero-order valence-corrected chi connectivity index (χ0v) is 22.6. The molecule has 2 rings (SSSR count). The molecule has 0 aromatic rings. The van der Waals surface area contributed by atoms with Crippen molar-refractivity contribution in [2.24, 2.45) is 17.3 Å². The molecule has 5 unspecified atom stereocenters. The number of fused-ring (bicyclic) bond motifs is 1. The van der Waals surface area contributed by atoms with Gasteiger partial charge in [0.25, 0.3) is 0 Å². The van der Waals surface area contributed by atoms with Crippen LogP contribution in [0.25, 0.3) is 0 Å². The Balaban J connectivity index is 2.35. The molecular weight excluding hydrogens is 464 g/mol. The van der Waals surface area contributed by atoms with Crippen LogP contribution in [0.1, 0.15) is 92.9 Å². The van der Waals surface area contributed by atoms with Gasteiger partial charge in [-0.25, -0.2) is 0 Å². The molecule has 204 valence electrons. The average Bonchev–Trinajstić information content (AvgIpc) is 3.04. The molecule has 1 saturated carbocycles. The third kappa shape index (κ3) is 8.44. The fourth-order valence-electron chi connectivity index (χ4n) is 5.91. The van der Waals surface area contributed by atoms with E-state index in [2.05, 4.69) is 19.9 Å². The quantitative estimate of drug-likeness (QED) is 0.326. The second kappa shape index (κ2) is 11.9. The minimum absolute atomic E-state index is 0.0394. The SMILES string of the molecule is CC(=O)OC1C=C(COC(=O)CC(C)(O)CC(=O)O)CCC=C(C)CCC2C(C(C)(C)O)CCC12C. The number of carbonyl (C=O) groups excluding carboxylic acids is 2. The van der Waals surface area contributed by atoms with Crippen LogP contribution in [-0.2, 0) is 23.9 Å². The van der Waals surface area contributed by atoms with Gasteiger partial charge < -0.3 is 24.8 Å². The maximum absolute atomic E-state index is 12.4. The van der Waals surface area contributed by atoms with Crippen molar-refractivity contribution in [2.75, 3.05) is 6.61 Å². The number of esters is 2. The predicted octanol–water partition coefficient (Wildman–Crippen LogP) is 4.33. The molecule has 8 nitrogen and oxygen atoms in total. The van der Waals surface area contributed by atoms with E-state index in [1.807, 2.05) is 19.9 Å². The molecule has 0 amide bonds. The number of hydrogen-bond acceptors (Lipinski definition) is 7. The number of carboxylic acid groups (broad SMARTS) is 1. The highest BCUT2D eigenvalue weighted by Crippen LogP contribution is 2.55. The van der Waals surface area contributed by atoms with Gasteiger partial charge in [-0.2, -0.15) is 0 Å². The minimum atomic E-state index is -1.71. The summed E-state index contributed by atoms with van der Waals surface area (Å²) < 4.78 is 11.3. The Morgan fingerprint density at radius 3 is 2.36 bits per heavy atom. The average molecular weight is 509 g/mol. The Labute approximate surface area is 214 Å². The van der Waals surface area contributed by atoms with E-state index in [0.717, 1.165) is 37.7 Å². The van der Waals surface area contributed by atoms with Crippen LogP contribution in [0.3, 0.4) is 0 Å². The lowest BCUT2D eigenvalue weighted by Crippen LogP contribution is -2.43. The summed E-state index contributed by atoms with van der Waals surface area (Å²) in [6, 6.07) is 0. The zero-order valence-electron chi connectivity index (χ0n) is 22.6. The fraction of sp³-hybridized carbons (Fsp3) is 0.750. The number of aliphatic hydroxyl groups is 2. The third-order valence-corrected chi connectivity index (χ3v) is 7.85. The number of rotatable bonds is 8. The maximum atomic E-state index is 12.4. The first-order chi connectivity index (χ1) is 16.5. The van der Waals surface area contributed by atoms with E-state index in [9.17, 15) is 24.6 Å². The number of hydrogen-bond donors (Lipinski definition) is 3. The maximum Gasteiger partial charge on any atom is 0.309 e. The smallest absolute Gasteiger partial charge is 0.309 e. The molecule has 2 aliphatic rings. The summed E-state index contributed by atoms with van der Waals surface area (Å²) in [6.45, 7) is 10.5. The molecule has 0 aliphatic heterocycles. The normalized spacial score (nSPS) is 29.1. The van der Waals surface area contributed by atoms with Crippen molar-refractivity contribution in [1.29, 1.82) is 0 Å². The van der Waals surface area contributed by atoms with Crippen molar-refractivity contribution in [3.8, 4) is 0 Å². The number of allylic oxidation sites excluding steroid dienone is 2. The lowest BCUT2D eigenvalue weighted by Gasteiger charge is -2.42. The van der Waals surface area contributed by atoms with Crippen LogP contribution in [0.15, 0.2) is 23.3 Å². The van der Waals surface area contributed by atoms with E-state index in [1.165, 1.54) is 19.4 Å². The van der Waals surface area contributed by atoms with E-state index in [-0.39, 0.29) is 18.4 Å². The zero-order chi connectivity index (χ0) is 27.3. The first-order valence-corrected chi connectivity index (χ1v) is 12.9. The van der Waals surface area contributed by atoms with Crippen molar-refractivity contribution in [3.05, 3.63) is 23.3 Å². The van der Waals surface area contributed by atoms with Gasteiger partial charge in [0.2, 0.25) is 0 Å². The van der Waals surface area contributed by atoms with Gasteiger partial charge in [0.1, 0.15) is 12.7 Å². The first-order valence-electron chi connectivity index (χ1n) is 12.9. The number of ether oxygens (including phenoxy) is 2. The van der Waals surface area contributed by atoms with E-state index in [4.69, 9.17) is 14.6 Å². The molecule has 1 fully saturated rings. The van der Waals surface area contributed by atoms with Crippen molar-refractivity contribution >= 4 is 17.9 Å². The Bertz CT molecular complexity index is 878. The molecule has 0 saturated heterocycles. The van der Waals surface area contributed by atoms with E-state index >= 15 is 0 Å². The Morgan fingerprint density at radius 2 is 1.78 bits per heavy atom. The van der Waals surface area contributed by atoms with Gasteiger partial charge in [-0.3, -0.25) is 14.4 Å². The topological polar surface area (TPSA) is 130 Å². The number of aliphatic carboxylic acids is 1. The monoisotopic (exact) mass is 508 g/mol. The first kappa shape index (κ1) is 30.0. The van der Waals surface area contributed by atoms with Crippen LogP contribution in [0.5, 0.6) is 0 Å². The van der Waals surface area contributed by atoms with Crippen LogP contribution in [0, 0.1) is 17.3 Å². The van der Waals surface area contributed by atoms with Gasteiger partial charge in [0, 0.05) is 12.3 Å². The molecule has 0 bridgehead atoms. The Kier molecular flexibility index (Phi) is 9.93. The van der Waals surface area contributed by atoms with Crippen LogP contribution < -0.4 is 0 Å². The van der Waals surface area contributed by atoms with Crippen LogP contribution in [-0.4, -0.2) is 57.1 Å². The van der Waals surface area contributed by atoms with Crippen LogP contribution >= 0.6 is 0 Å².